The summed E-state index contributed by atoms with van der Waals surface area (Å²) in [6.45, 7) is 8.27. The number of piperazine rings is 1. The maximum atomic E-state index is 12.5. The number of nitrogens with one attached hydrogen (secondary N) is 2. The van der Waals surface area contributed by atoms with Crippen molar-refractivity contribution in [2.45, 2.75) is 20.4 Å². The Morgan fingerprint density at radius 2 is 1.93 bits per heavy atom. The average Bonchev–Trinajstić information content (AvgIpc) is 3.13. The Kier molecular flexibility index (Phi) is 6.41. The summed E-state index contributed by atoms with van der Waals surface area (Å²) in [6.07, 6.45) is 0. The Morgan fingerprint density at radius 3 is 2.63 bits per heavy atom. The topological polar surface area (TPSA) is 77.6 Å². The van der Waals surface area contributed by atoms with Crippen molar-refractivity contribution in [3.63, 3.8) is 0 Å². The van der Waals surface area contributed by atoms with Crippen molar-refractivity contribution in [2.24, 2.45) is 0 Å². The van der Waals surface area contributed by atoms with E-state index in [4.69, 9.17) is 0 Å². The van der Waals surface area contributed by atoms with E-state index in [1.165, 1.54) is 11.3 Å². The van der Waals surface area contributed by atoms with Gasteiger partial charge in [0, 0.05) is 57.3 Å². The van der Waals surface area contributed by atoms with Gasteiger partial charge in [-0.25, -0.2) is 4.98 Å². The molecule has 1 saturated heterocycles. The summed E-state index contributed by atoms with van der Waals surface area (Å²) >= 11 is 1.42. The number of anilines is 2. The molecule has 3 rings (SSSR count). The fraction of sp³-hybridized carbons (Fsp3) is 0.421. The summed E-state index contributed by atoms with van der Waals surface area (Å²) in [7, 11) is 0. The fourth-order valence-corrected chi connectivity index (χ4v) is 3.80. The standard InChI is InChI=1S/C19H25N5O2S/c1-3-20-19-22-17(13-27-19)18(26)21-16-7-5-4-6-15(16)12-23-8-10-24(11-9-23)14(2)25/h4-7,13H,3,8-12H2,1-2H3,(H,20,22)(H,21,26). The minimum absolute atomic E-state index is 0.127. The van der Waals surface area contributed by atoms with Crippen LogP contribution in [0.1, 0.15) is 29.9 Å². The van der Waals surface area contributed by atoms with Crippen molar-refractivity contribution in [3.8, 4) is 0 Å². The highest BCUT2D eigenvalue weighted by molar-refractivity contribution is 7.13. The highest BCUT2D eigenvalue weighted by Crippen LogP contribution is 2.21. The van der Waals surface area contributed by atoms with Gasteiger partial charge in [-0.15, -0.1) is 11.3 Å². The van der Waals surface area contributed by atoms with E-state index >= 15 is 0 Å². The quantitative estimate of drug-likeness (QED) is 0.796. The number of thiazole rings is 1. The summed E-state index contributed by atoms with van der Waals surface area (Å²) in [5, 5.41) is 8.61. The van der Waals surface area contributed by atoms with E-state index in [1.54, 1.807) is 12.3 Å². The van der Waals surface area contributed by atoms with Gasteiger partial charge in [-0.3, -0.25) is 14.5 Å². The second-order valence-corrected chi connectivity index (χ2v) is 7.32. The minimum atomic E-state index is -0.204. The number of aromatic nitrogens is 1. The maximum Gasteiger partial charge on any atom is 0.275 e. The summed E-state index contributed by atoms with van der Waals surface area (Å²) in [6, 6.07) is 7.83. The highest BCUT2D eigenvalue weighted by atomic mass is 32.1. The van der Waals surface area contributed by atoms with Crippen molar-refractivity contribution < 1.29 is 9.59 Å². The van der Waals surface area contributed by atoms with E-state index < -0.39 is 0 Å². The first-order chi connectivity index (χ1) is 13.1. The van der Waals surface area contributed by atoms with E-state index in [9.17, 15) is 9.59 Å². The Hall–Kier alpha value is -2.45. The van der Waals surface area contributed by atoms with Gasteiger partial charge in [0.2, 0.25) is 5.91 Å². The number of carbonyl (C=O) groups excluding carboxylic acids is 2. The monoisotopic (exact) mass is 387 g/mol. The average molecular weight is 388 g/mol. The molecule has 0 atom stereocenters. The zero-order valence-corrected chi connectivity index (χ0v) is 16.5. The van der Waals surface area contributed by atoms with Gasteiger partial charge in [0.15, 0.2) is 5.13 Å². The predicted molar refractivity (Wildman–Crippen MR) is 108 cm³/mol. The van der Waals surface area contributed by atoms with Gasteiger partial charge >= 0.3 is 0 Å². The molecule has 144 valence electrons. The van der Waals surface area contributed by atoms with Crippen molar-refractivity contribution >= 4 is 34.0 Å². The molecular weight excluding hydrogens is 362 g/mol. The van der Waals surface area contributed by atoms with Crippen LogP contribution in [0.2, 0.25) is 0 Å². The number of hydrogen-bond donors (Lipinski definition) is 2. The molecule has 1 aliphatic heterocycles. The second kappa shape index (κ2) is 8.96. The van der Waals surface area contributed by atoms with Gasteiger partial charge in [0.25, 0.3) is 5.91 Å². The highest BCUT2D eigenvalue weighted by Gasteiger charge is 2.20. The normalized spacial score (nSPS) is 14.8. The molecule has 7 nitrogen and oxygen atoms in total. The van der Waals surface area contributed by atoms with Crippen LogP contribution < -0.4 is 10.6 Å². The number of hydrogen-bond acceptors (Lipinski definition) is 6. The Bertz CT molecular complexity index is 799. The molecule has 2 heterocycles. The van der Waals surface area contributed by atoms with Crippen LogP contribution >= 0.6 is 11.3 Å². The molecule has 27 heavy (non-hydrogen) atoms. The number of amides is 2. The molecule has 0 aliphatic carbocycles. The van der Waals surface area contributed by atoms with Crippen molar-refractivity contribution in [1.82, 2.24) is 14.8 Å². The first kappa shape index (κ1) is 19.3. The molecule has 2 N–H and O–H groups in total. The lowest BCUT2D eigenvalue weighted by Gasteiger charge is -2.34. The van der Waals surface area contributed by atoms with Crippen molar-refractivity contribution in [3.05, 3.63) is 40.9 Å². The molecule has 0 bridgehead atoms. The third kappa shape index (κ3) is 5.05. The Morgan fingerprint density at radius 1 is 1.19 bits per heavy atom. The summed E-state index contributed by atoms with van der Waals surface area (Å²) in [4.78, 5) is 32.5. The van der Waals surface area contributed by atoms with Gasteiger partial charge in [-0.05, 0) is 18.6 Å². The van der Waals surface area contributed by atoms with Crippen LogP contribution in [0.25, 0.3) is 0 Å². The molecule has 2 amide bonds. The Balaban J connectivity index is 1.63. The molecule has 1 aromatic heterocycles. The van der Waals surface area contributed by atoms with Crippen molar-refractivity contribution in [2.75, 3.05) is 43.4 Å². The molecule has 2 aromatic rings. The van der Waals surface area contributed by atoms with Crippen LogP contribution in [0.5, 0.6) is 0 Å². The number of benzene rings is 1. The Labute approximate surface area is 163 Å². The van der Waals surface area contributed by atoms with Crippen LogP contribution in [0, 0.1) is 0 Å². The third-order valence-corrected chi connectivity index (χ3v) is 5.34. The van der Waals surface area contributed by atoms with Gasteiger partial charge in [0.05, 0.1) is 0 Å². The van der Waals surface area contributed by atoms with Crippen LogP contribution in [0.3, 0.4) is 0 Å². The van der Waals surface area contributed by atoms with Crippen LogP contribution in [-0.4, -0.2) is 59.3 Å². The van der Waals surface area contributed by atoms with Crippen LogP contribution in [0.4, 0.5) is 10.8 Å². The molecule has 0 unspecified atom stereocenters. The summed E-state index contributed by atoms with van der Waals surface area (Å²) < 4.78 is 0. The smallest absolute Gasteiger partial charge is 0.275 e. The number of carbonyl (C=O) groups is 2. The van der Waals surface area contributed by atoms with Gasteiger partial charge in [-0.1, -0.05) is 18.2 Å². The molecular formula is C19H25N5O2S. The lowest BCUT2D eigenvalue weighted by atomic mass is 10.1. The van der Waals surface area contributed by atoms with E-state index in [2.05, 4.69) is 20.5 Å². The molecule has 0 spiro atoms. The number of para-hydroxylation sites is 1. The third-order valence-electron chi connectivity index (χ3n) is 4.54. The zero-order valence-electron chi connectivity index (χ0n) is 15.7. The lowest BCUT2D eigenvalue weighted by molar-refractivity contribution is -0.130. The lowest BCUT2D eigenvalue weighted by Crippen LogP contribution is -2.47. The molecule has 1 aromatic carbocycles. The van der Waals surface area contributed by atoms with Crippen molar-refractivity contribution in [1.29, 1.82) is 0 Å². The largest absolute Gasteiger partial charge is 0.362 e. The van der Waals surface area contributed by atoms with E-state index in [0.717, 1.165) is 55.7 Å². The van der Waals surface area contributed by atoms with Crippen LogP contribution in [-0.2, 0) is 11.3 Å². The maximum absolute atomic E-state index is 12.5. The number of rotatable bonds is 6. The van der Waals surface area contributed by atoms with Gasteiger partial charge < -0.3 is 15.5 Å². The molecule has 1 fully saturated rings. The molecule has 0 radical (unpaired) electrons. The van der Waals surface area contributed by atoms with E-state index in [-0.39, 0.29) is 11.8 Å². The second-order valence-electron chi connectivity index (χ2n) is 6.46. The SMILES string of the molecule is CCNc1nc(C(=O)Nc2ccccc2CN2CCN(C(C)=O)CC2)cs1. The van der Waals surface area contributed by atoms with Crippen LogP contribution in [0.15, 0.2) is 29.6 Å². The molecule has 0 saturated carbocycles. The summed E-state index contributed by atoms with van der Waals surface area (Å²) in [5.74, 6) is -0.0771. The first-order valence-corrected chi connectivity index (χ1v) is 10.0. The fourth-order valence-electron chi connectivity index (χ4n) is 3.04. The molecule has 1 aliphatic rings. The van der Waals surface area contributed by atoms with Gasteiger partial charge in [-0.2, -0.15) is 0 Å². The minimum Gasteiger partial charge on any atom is -0.362 e. The number of nitrogens with zero attached hydrogens (tertiary/aromatic N) is 3. The first-order valence-electron chi connectivity index (χ1n) is 9.13. The van der Waals surface area contributed by atoms with E-state index in [1.807, 2.05) is 36.1 Å². The van der Waals surface area contributed by atoms with Gasteiger partial charge in [0.1, 0.15) is 5.69 Å². The molecule has 8 heteroatoms. The predicted octanol–water partition coefficient (Wildman–Crippen LogP) is 2.49. The summed E-state index contributed by atoms with van der Waals surface area (Å²) in [5.41, 5.74) is 2.28. The van der Waals surface area contributed by atoms with E-state index in [0.29, 0.717) is 5.69 Å². The zero-order chi connectivity index (χ0) is 19.2.